The van der Waals surface area contributed by atoms with E-state index in [1.54, 1.807) is 7.11 Å². The average molecular weight is 525 g/mol. The quantitative estimate of drug-likeness (QED) is 0.245. The highest BCUT2D eigenvalue weighted by Crippen LogP contribution is 2.24. The van der Waals surface area contributed by atoms with Crippen LogP contribution >= 0.6 is 24.0 Å². The lowest BCUT2D eigenvalue weighted by atomic mass is 10.1. The molecule has 0 atom stereocenters. The fourth-order valence-corrected chi connectivity index (χ4v) is 3.41. The van der Waals surface area contributed by atoms with Gasteiger partial charge in [-0.3, -0.25) is 4.98 Å². The molecule has 0 bridgehead atoms. The Morgan fingerprint density at radius 1 is 1.27 bits per heavy atom. The summed E-state index contributed by atoms with van der Waals surface area (Å²) in [7, 11) is 1.67. The molecular formula is C22H29FIN5O. The molecule has 2 aromatic heterocycles. The van der Waals surface area contributed by atoms with Crippen LogP contribution < -0.4 is 15.4 Å². The molecule has 3 N–H and O–H groups in total. The smallest absolute Gasteiger partial charge is 0.191 e. The number of hydrogen-bond acceptors (Lipinski definition) is 3. The Morgan fingerprint density at radius 2 is 2.07 bits per heavy atom. The third kappa shape index (κ3) is 5.62. The van der Waals surface area contributed by atoms with E-state index in [4.69, 9.17) is 4.74 Å². The fraction of sp³-hybridized carbons (Fsp3) is 0.364. The van der Waals surface area contributed by atoms with Crippen molar-refractivity contribution in [3.63, 3.8) is 0 Å². The van der Waals surface area contributed by atoms with Gasteiger partial charge in [-0.1, -0.05) is 0 Å². The van der Waals surface area contributed by atoms with Crippen molar-refractivity contribution in [3.05, 3.63) is 58.8 Å². The van der Waals surface area contributed by atoms with Crippen LogP contribution in [0.4, 0.5) is 4.39 Å². The van der Waals surface area contributed by atoms with E-state index in [0.29, 0.717) is 13.1 Å². The molecule has 8 heteroatoms. The molecular weight excluding hydrogens is 496 g/mol. The van der Waals surface area contributed by atoms with Gasteiger partial charge in [0, 0.05) is 47.5 Å². The number of methoxy groups -OCH3 is 1. The number of aromatic amines is 1. The molecule has 0 amide bonds. The number of H-pyrrole nitrogens is 1. The lowest BCUT2D eigenvalue weighted by molar-refractivity contribution is 0.407. The molecule has 162 valence electrons. The Bertz CT molecular complexity index is 1020. The third-order valence-electron chi connectivity index (χ3n) is 4.90. The number of nitrogens with one attached hydrogen (secondary N) is 3. The molecule has 6 nitrogen and oxygen atoms in total. The van der Waals surface area contributed by atoms with Crippen LogP contribution in [0.25, 0.3) is 10.9 Å². The van der Waals surface area contributed by atoms with Gasteiger partial charge >= 0.3 is 0 Å². The molecule has 30 heavy (non-hydrogen) atoms. The Kier molecular flexibility index (Phi) is 8.88. The summed E-state index contributed by atoms with van der Waals surface area (Å²) in [6.07, 6.45) is 4.55. The number of aromatic nitrogens is 2. The summed E-state index contributed by atoms with van der Waals surface area (Å²) in [5.74, 6) is 1.36. The van der Waals surface area contributed by atoms with Gasteiger partial charge in [0.15, 0.2) is 5.96 Å². The van der Waals surface area contributed by atoms with Crippen molar-refractivity contribution in [2.24, 2.45) is 4.99 Å². The first-order valence-electron chi connectivity index (χ1n) is 9.80. The molecule has 2 heterocycles. The van der Waals surface area contributed by atoms with E-state index in [0.717, 1.165) is 58.0 Å². The minimum atomic E-state index is -0.234. The van der Waals surface area contributed by atoms with E-state index in [1.807, 2.05) is 39.2 Å². The van der Waals surface area contributed by atoms with Crippen LogP contribution in [0, 0.1) is 19.7 Å². The second kappa shape index (κ2) is 11.1. The molecule has 3 rings (SSSR count). The van der Waals surface area contributed by atoms with Crippen LogP contribution in [-0.2, 0) is 13.0 Å². The van der Waals surface area contributed by atoms with Crippen LogP contribution in [0.3, 0.4) is 0 Å². The predicted octanol–water partition coefficient (Wildman–Crippen LogP) is 4.24. The zero-order chi connectivity index (χ0) is 20.8. The number of ether oxygens (including phenoxy) is 1. The number of guanidine groups is 1. The minimum absolute atomic E-state index is 0. The first-order valence-corrected chi connectivity index (χ1v) is 9.80. The van der Waals surface area contributed by atoms with E-state index >= 15 is 0 Å². The molecule has 3 aromatic rings. The topological polar surface area (TPSA) is 74.3 Å². The fourth-order valence-electron chi connectivity index (χ4n) is 3.41. The number of nitrogens with zero attached hydrogens (tertiary/aromatic N) is 2. The molecule has 0 spiro atoms. The highest BCUT2D eigenvalue weighted by molar-refractivity contribution is 14.0. The van der Waals surface area contributed by atoms with Gasteiger partial charge in [-0.2, -0.15) is 0 Å². The monoisotopic (exact) mass is 525 g/mol. The van der Waals surface area contributed by atoms with Crippen molar-refractivity contribution < 1.29 is 9.13 Å². The molecule has 0 unspecified atom stereocenters. The molecule has 0 aliphatic carbocycles. The summed E-state index contributed by atoms with van der Waals surface area (Å²) in [4.78, 5) is 12.3. The Labute approximate surface area is 193 Å². The maximum Gasteiger partial charge on any atom is 0.191 e. The van der Waals surface area contributed by atoms with E-state index in [1.165, 1.54) is 12.1 Å². The number of pyridine rings is 1. The van der Waals surface area contributed by atoms with Crippen molar-refractivity contribution in [2.75, 3.05) is 20.2 Å². The van der Waals surface area contributed by atoms with Gasteiger partial charge in [-0.15, -0.1) is 24.0 Å². The van der Waals surface area contributed by atoms with Gasteiger partial charge in [0.1, 0.15) is 11.6 Å². The first kappa shape index (κ1) is 23.9. The molecule has 1 aromatic carbocycles. The zero-order valence-corrected chi connectivity index (χ0v) is 20.1. The standard InChI is InChI=1S/C22H28FN5O.HI/c1-5-24-22(28-13-20-15(3)21(29-4)14(2)11-26-20)25-9-8-16-12-27-19-10-17(23)6-7-18(16)19;/h6-7,10-12,27H,5,8-9,13H2,1-4H3,(H2,24,25,28);1H. The van der Waals surface area contributed by atoms with Crippen LogP contribution in [0.5, 0.6) is 5.75 Å². The highest BCUT2D eigenvalue weighted by atomic mass is 127. The molecule has 0 saturated heterocycles. The Hall–Kier alpha value is -2.36. The van der Waals surface area contributed by atoms with Crippen molar-refractivity contribution in [2.45, 2.75) is 33.7 Å². The van der Waals surface area contributed by atoms with Gasteiger partial charge in [0.2, 0.25) is 0 Å². The third-order valence-corrected chi connectivity index (χ3v) is 4.90. The lowest BCUT2D eigenvalue weighted by Gasteiger charge is -2.13. The Morgan fingerprint density at radius 3 is 2.80 bits per heavy atom. The minimum Gasteiger partial charge on any atom is -0.496 e. The van der Waals surface area contributed by atoms with Crippen LogP contribution in [0.2, 0.25) is 0 Å². The second-order valence-corrected chi connectivity index (χ2v) is 6.92. The number of aliphatic imine (C=N–C) groups is 1. The van der Waals surface area contributed by atoms with Gasteiger partial charge < -0.3 is 20.4 Å². The van der Waals surface area contributed by atoms with Crippen LogP contribution in [0.15, 0.2) is 35.6 Å². The maximum atomic E-state index is 13.3. The molecule has 0 aliphatic rings. The van der Waals surface area contributed by atoms with E-state index in [2.05, 4.69) is 25.6 Å². The highest BCUT2D eigenvalue weighted by Gasteiger charge is 2.10. The first-order chi connectivity index (χ1) is 14.0. The van der Waals surface area contributed by atoms with Crippen molar-refractivity contribution >= 4 is 40.8 Å². The predicted molar refractivity (Wildman–Crippen MR) is 130 cm³/mol. The summed E-state index contributed by atoms with van der Waals surface area (Å²) in [6, 6.07) is 4.82. The number of fused-ring (bicyclic) bond motifs is 1. The van der Waals surface area contributed by atoms with Crippen molar-refractivity contribution in [1.29, 1.82) is 0 Å². The Balaban J connectivity index is 0.00000320. The van der Waals surface area contributed by atoms with Crippen LogP contribution in [-0.4, -0.2) is 36.1 Å². The maximum absolute atomic E-state index is 13.3. The van der Waals surface area contributed by atoms with Gasteiger partial charge in [-0.25, -0.2) is 9.38 Å². The number of rotatable bonds is 7. The molecule has 0 fully saturated rings. The second-order valence-electron chi connectivity index (χ2n) is 6.92. The largest absolute Gasteiger partial charge is 0.496 e. The summed E-state index contributed by atoms with van der Waals surface area (Å²) in [6.45, 7) is 7.95. The van der Waals surface area contributed by atoms with E-state index < -0.39 is 0 Å². The number of benzene rings is 1. The molecule has 0 radical (unpaired) electrons. The zero-order valence-electron chi connectivity index (χ0n) is 17.8. The molecule has 0 aliphatic heterocycles. The van der Waals surface area contributed by atoms with E-state index in [-0.39, 0.29) is 29.8 Å². The summed E-state index contributed by atoms with van der Waals surface area (Å²) >= 11 is 0. The average Bonchev–Trinajstić information content (AvgIpc) is 3.09. The van der Waals surface area contributed by atoms with Crippen molar-refractivity contribution in [1.82, 2.24) is 20.6 Å². The summed E-state index contributed by atoms with van der Waals surface area (Å²) in [5, 5.41) is 7.66. The summed E-state index contributed by atoms with van der Waals surface area (Å²) in [5.41, 5.74) is 4.88. The number of hydrogen-bond donors (Lipinski definition) is 3. The van der Waals surface area contributed by atoms with E-state index in [9.17, 15) is 4.39 Å². The summed E-state index contributed by atoms with van der Waals surface area (Å²) < 4.78 is 18.8. The number of aryl methyl sites for hydroxylation is 1. The SMILES string of the molecule is CCNC(=NCc1ncc(C)c(OC)c1C)NCCc1c[nH]c2cc(F)ccc12.I. The van der Waals surface area contributed by atoms with Gasteiger partial charge in [-0.05, 0) is 51.0 Å². The van der Waals surface area contributed by atoms with Gasteiger partial charge in [0.25, 0.3) is 0 Å². The van der Waals surface area contributed by atoms with Crippen molar-refractivity contribution in [3.8, 4) is 5.75 Å². The van der Waals surface area contributed by atoms with Gasteiger partial charge in [0.05, 0.1) is 19.3 Å². The number of halogens is 2. The lowest BCUT2D eigenvalue weighted by Crippen LogP contribution is -2.38. The normalized spacial score (nSPS) is 11.3. The molecule has 0 saturated carbocycles. The van der Waals surface area contributed by atoms with Crippen LogP contribution in [0.1, 0.15) is 29.3 Å².